The molecule has 0 atom stereocenters. The highest BCUT2D eigenvalue weighted by Crippen LogP contribution is 2.29. The number of aromatic nitrogens is 2. The van der Waals surface area contributed by atoms with Crippen LogP contribution < -0.4 is 5.32 Å². The summed E-state index contributed by atoms with van der Waals surface area (Å²) < 4.78 is 28.5. The summed E-state index contributed by atoms with van der Waals surface area (Å²) in [6.45, 7) is 1.71. The van der Waals surface area contributed by atoms with Crippen LogP contribution in [0.15, 0.2) is 48.7 Å². The predicted octanol–water partition coefficient (Wildman–Crippen LogP) is 4.81. The predicted molar refractivity (Wildman–Crippen MR) is 104 cm³/mol. The Morgan fingerprint density at radius 3 is 2.72 bits per heavy atom. The molecule has 0 saturated carbocycles. The molecule has 4 rings (SSSR count). The highest BCUT2D eigenvalue weighted by atomic mass is 32.1. The Balaban J connectivity index is 1.65. The summed E-state index contributed by atoms with van der Waals surface area (Å²) >= 11 is 1.10. The lowest BCUT2D eigenvalue weighted by Crippen LogP contribution is -2.13. The molecule has 10 heteroatoms. The highest BCUT2D eigenvalue weighted by molar-refractivity contribution is 7.19. The molecular weight excluding hydrogens is 402 g/mol. The van der Waals surface area contributed by atoms with Gasteiger partial charge in [0.2, 0.25) is 0 Å². The zero-order valence-corrected chi connectivity index (χ0v) is 15.7. The van der Waals surface area contributed by atoms with Crippen LogP contribution in [0.5, 0.6) is 0 Å². The first-order chi connectivity index (χ1) is 13.8. The summed E-state index contributed by atoms with van der Waals surface area (Å²) in [6, 6.07) is 8.99. The van der Waals surface area contributed by atoms with Gasteiger partial charge < -0.3 is 5.32 Å². The van der Waals surface area contributed by atoms with E-state index in [2.05, 4.69) is 10.3 Å². The smallest absolute Gasteiger partial charge is 0.270 e. The fraction of sp³-hybridized carbons (Fsp3) is 0.0526. The largest absolute Gasteiger partial charge is 0.319 e. The Kier molecular flexibility index (Phi) is 4.55. The van der Waals surface area contributed by atoms with Crippen LogP contribution >= 0.6 is 11.3 Å². The van der Waals surface area contributed by atoms with Gasteiger partial charge in [0.15, 0.2) is 4.96 Å². The van der Waals surface area contributed by atoms with E-state index in [1.54, 1.807) is 29.7 Å². The van der Waals surface area contributed by atoms with Crippen LogP contribution in [-0.4, -0.2) is 20.2 Å². The van der Waals surface area contributed by atoms with Crippen LogP contribution in [-0.2, 0) is 0 Å². The number of benzene rings is 2. The SMILES string of the molecule is Cc1c(C(=O)Nc2ccc(F)cc2F)sc2nc(-c3cccc([N+](=O)[O-])c3)cn12. The Morgan fingerprint density at radius 1 is 1.24 bits per heavy atom. The molecule has 0 aliphatic carbocycles. The molecule has 0 saturated heterocycles. The lowest BCUT2D eigenvalue weighted by molar-refractivity contribution is -0.384. The zero-order chi connectivity index (χ0) is 20.7. The summed E-state index contributed by atoms with van der Waals surface area (Å²) in [5.41, 5.74) is 1.51. The second-order valence-electron chi connectivity index (χ2n) is 6.18. The molecule has 29 heavy (non-hydrogen) atoms. The lowest BCUT2D eigenvalue weighted by atomic mass is 10.1. The number of thiazole rings is 1. The maximum Gasteiger partial charge on any atom is 0.270 e. The third kappa shape index (κ3) is 3.45. The van der Waals surface area contributed by atoms with Crippen LogP contribution in [0, 0.1) is 28.7 Å². The number of hydrogen-bond donors (Lipinski definition) is 1. The molecule has 4 aromatic rings. The van der Waals surface area contributed by atoms with E-state index in [1.807, 2.05) is 0 Å². The second kappa shape index (κ2) is 7.06. The first-order valence-corrected chi connectivity index (χ1v) is 9.15. The van der Waals surface area contributed by atoms with Gasteiger partial charge in [0, 0.05) is 35.7 Å². The molecule has 2 heterocycles. The van der Waals surface area contributed by atoms with E-state index in [9.17, 15) is 23.7 Å². The first-order valence-electron chi connectivity index (χ1n) is 8.33. The van der Waals surface area contributed by atoms with Gasteiger partial charge in [-0.15, -0.1) is 0 Å². The van der Waals surface area contributed by atoms with Gasteiger partial charge in [-0.05, 0) is 19.1 Å². The molecule has 7 nitrogen and oxygen atoms in total. The minimum atomic E-state index is -0.870. The van der Waals surface area contributed by atoms with Gasteiger partial charge in [-0.25, -0.2) is 13.8 Å². The van der Waals surface area contributed by atoms with Crippen molar-refractivity contribution >= 4 is 33.6 Å². The number of anilines is 1. The summed E-state index contributed by atoms with van der Waals surface area (Å²) in [4.78, 5) is 28.3. The number of rotatable bonds is 4. The Morgan fingerprint density at radius 2 is 2.03 bits per heavy atom. The van der Waals surface area contributed by atoms with Crippen molar-refractivity contribution in [3.63, 3.8) is 0 Å². The monoisotopic (exact) mass is 414 g/mol. The number of non-ortho nitro benzene ring substituents is 1. The summed E-state index contributed by atoms with van der Waals surface area (Å²) in [7, 11) is 0. The molecule has 0 unspecified atom stereocenters. The van der Waals surface area contributed by atoms with Crippen LogP contribution in [0.3, 0.4) is 0 Å². The third-order valence-electron chi connectivity index (χ3n) is 4.30. The quantitative estimate of drug-likeness (QED) is 0.383. The minimum Gasteiger partial charge on any atom is -0.319 e. The van der Waals surface area contributed by atoms with Gasteiger partial charge >= 0.3 is 0 Å². The van der Waals surface area contributed by atoms with Gasteiger partial charge in [-0.2, -0.15) is 0 Å². The number of nitro groups is 1. The highest BCUT2D eigenvalue weighted by Gasteiger charge is 2.20. The fourth-order valence-electron chi connectivity index (χ4n) is 2.85. The fourth-order valence-corrected chi connectivity index (χ4v) is 3.85. The summed E-state index contributed by atoms with van der Waals surface area (Å²) in [5, 5.41) is 13.4. The van der Waals surface area contributed by atoms with Crippen molar-refractivity contribution in [3.05, 3.63) is 81.0 Å². The Hall–Kier alpha value is -3.66. The number of fused-ring (bicyclic) bond motifs is 1. The molecule has 0 bridgehead atoms. The number of carbonyl (C=O) groups excluding carboxylic acids is 1. The maximum absolute atomic E-state index is 13.8. The van der Waals surface area contributed by atoms with Crippen molar-refractivity contribution in [3.8, 4) is 11.3 Å². The molecule has 2 aromatic carbocycles. The number of carbonyl (C=O) groups is 1. The normalized spacial score (nSPS) is 11.0. The Labute approximate surface area is 166 Å². The molecule has 0 fully saturated rings. The second-order valence-corrected chi connectivity index (χ2v) is 7.16. The summed E-state index contributed by atoms with van der Waals surface area (Å²) in [5.74, 6) is -2.15. The third-order valence-corrected chi connectivity index (χ3v) is 5.45. The van der Waals surface area contributed by atoms with E-state index >= 15 is 0 Å². The van der Waals surface area contributed by atoms with Gasteiger partial charge in [-0.3, -0.25) is 19.3 Å². The van der Waals surface area contributed by atoms with E-state index < -0.39 is 22.5 Å². The van der Waals surface area contributed by atoms with Crippen LogP contribution in [0.4, 0.5) is 20.2 Å². The number of nitrogens with one attached hydrogen (secondary N) is 1. The van der Waals surface area contributed by atoms with Crippen LogP contribution in [0.2, 0.25) is 0 Å². The number of aryl methyl sites for hydroxylation is 1. The van der Waals surface area contributed by atoms with Crippen molar-refractivity contribution in [1.29, 1.82) is 0 Å². The van der Waals surface area contributed by atoms with Crippen LogP contribution in [0.1, 0.15) is 15.4 Å². The number of amides is 1. The molecular formula is C19H12F2N4O3S. The first kappa shape index (κ1) is 18.7. The van der Waals surface area contributed by atoms with E-state index in [0.29, 0.717) is 32.9 Å². The average Bonchev–Trinajstić information content (AvgIpc) is 3.24. The molecule has 1 amide bonds. The minimum absolute atomic E-state index is 0.0445. The van der Waals surface area contributed by atoms with E-state index in [0.717, 1.165) is 23.5 Å². The standard InChI is InChI=1S/C19H12F2N4O3S/c1-10-17(18(26)22-15-6-5-12(20)8-14(15)21)29-19-23-16(9-24(10)19)11-3-2-4-13(7-11)25(27)28/h2-9H,1H3,(H,22,26). The molecule has 0 aliphatic heterocycles. The number of imidazole rings is 1. The summed E-state index contributed by atoms with van der Waals surface area (Å²) in [6.07, 6.45) is 1.68. The Bertz CT molecular complexity index is 1280. The maximum atomic E-state index is 13.8. The zero-order valence-electron chi connectivity index (χ0n) is 14.8. The van der Waals surface area contributed by atoms with E-state index in [-0.39, 0.29) is 11.4 Å². The number of hydrogen-bond acceptors (Lipinski definition) is 5. The number of nitro benzene ring substituents is 1. The molecule has 2 aromatic heterocycles. The van der Waals surface area contributed by atoms with Crippen molar-refractivity contribution in [2.24, 2.45) is 0 Å². The molecule has 146 valence electrons. The molecule has 0 spiro atoms. The molecule has 0 radical (unpaired) electrons. The number of nitrogens with zero attached hydrogens (tertiary/aromatic N) is 3. The van der Waals surface area contributed by atoms with Crippen LogP contribution in [0.25, 0.3) is 16.2 Å². The topological polar surface area (TPSA) is 89.5 Å². The van der Waals surface area contributed by atoms with Crippen molar-refractivity contribution in [2.75, 3.05) is 5.32 Å². The lowest BCUT2D eigenvalue weighted by Gasteiger charge is -2.05. The van der Waals surface area contributed by atoms with E-state index in [4.69, 9.17) is 0 Å². The van der Waals surface area contributed by atoms with Crippen molar-refractivity contribution < 1.29 is 18.5 Å². The van der Waals surface area contributed by atoms with Crippen molar-refractivity contribution in [2.45, 2.75) is 6.92 Å². The molecule has 1 N–H and O–H groups in total. The van der Waals surface area contributed by atoms with Crippen molar-refractivity contribution in [1.82, 2.24) is 9.38 Å². The van der Waals surface area contributed by atoms with Gasteiger partial charge in [0.25, 0.3) is 11.6 Å². The van der Waals surface area contributed by atoms with Gasteiger partial charge in [0.05, 0.1) is 16.3 Å². The molecule has 0 aliphatic rings. The van der Waals surface area contributed by atoms with E-state index in [1.165, 1.54) is 12.1 Å². The van der Waals surface area contributed by atoms with Gasteiger partial charge in [0.1, 0.15) is 16.5 Å². The van der Waals surface area contributed by atoms with Gasteiger partial charge in [-0.1, -0.05) is 23.5 Å². The average molecular weight is 414 g/mol. The number of halogens is 2.